The first kappa shape index (κ1) is 12.4. The van der Waals surface area contributed by atoms with E-state index >= 15 is 0 Å². The molecule has 0 bridgehead atoms. The van der Waals surface area contributed by atoms with Gasteiger partial charge < -0.3 is 10.6 Å². The van der Waals surface area contributed by atoms with E-state index in [1.165, 1.54) is 37.8 Å². The van der Waals surface area contributed by atoms with Crippen molar-refractivity contribution in [3.05, 3.63) is 24.0 Å². The van der Waals surface area contributed by atoms with Gasteiger partial charge in [-0.1, -0.05) is 19.3 Å². The first-order valence-corrected chi connectivity index (χ1v) is 6.76. The first-order valence-electron chi connectivity index (χ1n) is 6.76. The van der Waals surface area contributed by atoms with E-state index in [2.05, 4.69) is 22.9 Å². The lowest BCUT2D eigenvalue weighted by molar-refractivity contribution is 0.418. The highest BCUT2D eigenvalue weighted by molar-refractivity contribution is 5.45. The molecule has 1 aliphatic carbocycles. The van der Waals surface area contributed by atoms with Gasteiger partial charge in [0, 0.05) is 19.1 Å². The van der Waals surface area contributed by atoms with Crippen molar-refractivity contribution in [2.75, 3.05) is 11.4 Å². The second-order valence-corrected chi connectivity index (χ2v) is 4.79. The first-order chi connectivity index (χ1) is 8.35. The summed E-state index contributed by atoms with van der Waals surface area (Å²) in [5.74, 6) is 0. The van der Waals surface area contributed by atoms with Crippen molar-refractivity contribution in [2.24, 2.45) is 5.73 Å². The van der Waals surface area contributed by atoms with Gasteiger partial charge in [0.1, 0.15) is 0 Å². The van der Waals surface area contributed by atoms with Crippen molar-refractivity contribution in [1.82, 2.24) is 4.98 Å². The Kier molecular flexibility index (Phi) is 4.37. The predicted molar refractivity (Wildman–Crippen MR) is 72.0 cm³/mol. The van der Waals surface area contributed by atoms with Gasteiger partial charge in [0.15, 0.2) is 0 Å². The zero-order valence-electron chi connectivity index (χ0n) is 10.7. The maximum Gasteiger partial charge on any atom is 0.0555 e. The van der Waals surface area contributed by atoms with E-state index in [1.54, 1.807) is 0 Å². The fourth-order valence-corrected chi connectivity index (χ4v) is 2.75. The molecule has 2 rings (SSSR count). The molecule has 3 heteroatoms. The van der Waals surface area contributed by atoms with Crippen LogP contribution in [0.4, 0.5) is 5.69 Å². The van der Waals surface area contributed by atoms with Crippen LogP contribution in [0, 0.1) is 0 Å². The van der Waals surface area contributed by atoms with Gasteiger partial charge in [0.25, 0.3) is 0 Å². The minimum Gasteiger partial charge on any atom is -0.368 e. The van der Waals surface area contributed by atoms with Gasteiger partial charge in [-0.25, -0.2) is 0 Å². The summed E-state index contributed by atoms with van der Waals surface area (Å²) in [6, 6.07) is 4.91. The van der Waals surface area contributed by atoms with E-state index in [4.69, 9.17) is 5.73 Å². The van der Waals surface area contributed by atoms with Gasteiger partial charge in [-0.2, -0.15) is 0 Å². The SMILES string of the molecule is CCN(c1ccc(CN)nc1)C1CCCCC1. The van der Waals surface area contributed by atoms with E-state index in [0.717, 1.165) is 12.2 Å². The largest absolute Gasteiger partial charge is 0.368 e. The summed E-state index contributed by atoms with van der Waals surface area (Å²) in [6.45, 7) is 3.82. The van der Waals surface area contributed by atoms with Gasteiger partial charge >= 0.3 is 0 Å². The number of nitrogens with zero attached hydrogens (tertiary/aromatic N) is 2. The standard InChI is InChI=1S/C14H23N3/c1-2-17(13-6-4-3-5-7-13)14-9-8-12(10-15)16-11-14/h8-9,11,13H,2-7,10,15H2,1H3. The molecule has 0 amide bonds. The van der Waals surface area contributed by atoms with Gasteiger partial charge in [-0.05, 0) is 31.9 Å². The van der Waals surface area contributed by atoms with Crippen molar-refractivity contribution in [3.63, 3.8) is 0 Å². The highest BCUT2D eigenvalue weighted by atomic mass is 15.2. The van der Waals surface area contributed by atoms with Crippen LogP contribution in [-0.4, -0.2) is 17.6 Å². The third-order valence-corrected chi connectivity index (χ3v) is 3.71. The minimum absolute atomic E-state index is 0.524. The predicted octanol–water partition coefficient (Wildman–Crippen LogP) is 2.70. The Morgan fingerprint density at radius 2 is 2.06 bits per heavy atom. The maximum absolute atomic E-state index is 5.58. The number of anilines is 1. The molecule has 3 nitrogen and oxygen atoms in total. The van der Waals surface area contributed by atoms with Crippen molar-refractivity contribution >= 4 is 5.69 Å². The van der Waals surface area contributed by atoms with Gasteiger partial charge in [-0.3, -0.25) is 4.98 Å². The van der Waals surface area contributed by atoms with Crippen LogP contribution in [0.2, 0.25) is 0 Å². The van der Waals surface area contributed by atoms with E-state index in [0.29, 0.717) is 12.6 Å². The molecule has 1 heterocycles. The Bertz CT molecular complexity index is 328. The number of hydrogen-bond acceptors (Lipinski definition) is 3. The lowest BCUT2D eigenvalue weighted by atomic mass is 9.94. The normalized spacial score (nSPS) is 17.1. The summed E-state index contributed by atoms with van der Waals surface area (Å²) in [5, 5.41) is 0. The Labute approximate surface area is 104 Å². The molecule has 0 atom stereocenters. The van der Waals surface area contributed by atoms with Crippen LogP contribution in [0.1, 0.15) is 44.7 Å². The zero-order valence-corrected chi connectivity index (χ0v) is 10.7. The molecule has 2 N–H and O–H groups in total. The van der Waals surface area contributed by atoms with Crippen molar-refractivity contribution in [1.29, 1.82) is 0 Å². The lowest BCUT2D eigenvalue weighted by Crippen LogP contribution is -2.36. The third-order valence-electron chi connectivity index (χ3n) is 3.71. The second kappa shape index (κ2) is 6.01. The lowest BCUT2D eigenvalue weighted by Gasteiger charge is -2.35. The summed E-state index contributed by atoms with van der Waals surface area (Å²) < 4.78 is 0. The Morgan fingerprint density at radius 3 is 2.59 bits per heavy atom. The molecule has 1 saturated carbocycles. The Balaban J connectivity index is 2.10. The molecule has 0 aromatic carbocycles. The Morgan fingerprint density at radius 1 is 1.29 bits per heavy atom. The minimum atomic E-state index is 0.524. The topological polar surface area (TPSA) is 42.1 Å². The number of pyridine rings is 1. The molecule has 0 radical (unpaired) electrons. The summed E-state index contributed by atoms with van der Waals surface area (Å²) in [4.78, 5) is 6.89. The van der Waals surface area contributed by atoms with E-state index in [-0.39, 0.29) is 0 Å². The monoisotopic (exact) mass is 233 g/mol. The zero-order chi connectivity index (χ0) is 12.1. The van der Waals surface area contributed by atoms with E-state index in [9.17, 15) is 0 Å². The molecule has 0 aliphatic heterocycles. The van der Waals surface area contributed by atoms with Crippen molar-refractivity contribution < 1.29 is 0 Å². The molecule has 1 aromatic rings. The molecular weight excluding hydrogens is 210 g/mol. The molecule has 0 saturated heterocycles. The quantitative estimate of drug-likeness (QED) is 0.869. The Hall–Kier alpha value is -1.09. The molecule has 94 valence electrons. The molecule has 1 aromatic heterocycles. The number of hydrogen-bond donors (Lipinski definition) is 1. The highest BCUT2D eigenvalue weighted by Gasteiger charge is 2.20. The average molecular weight is 233 g/mol. The third kappa shape index (κ3) is 2.97. The number of nitrogens with two attached hydrogens (primary N) is 1. The fraction of sp³-hybridized carbons (Fsp3) is 0.643. The van der Waals surface area contributed by atoms with Crippen LogP contribution in [0.5, 0.6) is 0 Å². The van der Waals surface area contributed by atoms with Crippen LogP contribution in [0.15, 0.2) is 18.3 Å². The van der Waals surface area contributed by atoms with E-state index in [1.807, 2.05) is 12.3 Å². The van der Waals surface area contributed by atoms with Gasteiger partial charge in [0.2, 0.25) is 0 Å². The van der Waals surface area contributed by atoms with Crippen molar-refractivity contribution in [3.8, 4) is 0 Å². The number of aromatic nitrogens is 1. The molecule has 0 spiro atoms. The molecule has 0 unspecified atom stereocenters. The van der Waals surface area contributed by atoms with E-state index < -0.39 is 0 Å². The average Bonchev–Trinajstić information content (AvgIpc) is 2.42. The summed E-state index contributed by atoms with van der Waals surface area (Å²) in [7, 11) is 0. The van der Waals surface area contributed by atoms with Gasteiger partial charge in [0.05, 0.1) is 17.6 Å². The molecule has 1 fully saturated rings. The second-order valence-electron chi connectivity index (χ2n) is 4.79. The van der Waals surface area contributed by atoms with Crippen LogP contribution >= 0.6 is 0 Å². The molecule has 1 aliphatic rings. The van der Waals surface area contributed by atoms with Crippen molar-refractivity contribution in [2.45, 2.75) is 51.6 Å². The molecule has 17 heavy (non-hydrogen) atoms. The van der Waals surface area contributed by atoms with Crippen LogP contribution in [0.25, 0.3) is 0 Å². The highest BCUT2D eigenvalue weighted by Crippen LogP contribution is 2.26. The maximum atomic E-state index is 5.58. The summed E-state index contributed by atoms with van der Waals surface area (Å²) in [6.07, 6.45) is 8.77. The number of rotatable bonds is 4. The smallest absolute Gasteiger partial charge is 0.0555 e. The molecular formula is C14H23N3. The van der Waals surface area contributed by atoms with Crippen LogP contribution < -0.4 is 10.6 Å². The fourth-order valence-electron chi connectivity index (χ4n) is 2.75. The van der Waals surface area contributed by atoms with Crippen LogP contribution in [-0.2, 0) is 6.54 Å². The summed E-state index contributed by atoms with van der Waals surface area (Å²) in [5.41, 5.74) is 7.79. The van der Waals surface area contributed by atoms with Crippen LogP contribution in [0.3, 0.4) is 0 Å². The van der Waals surface area contributed by atoms with Gasteiger partial charge in [-0.15, -0.1) is 0 Å². The summed E-state index contributed by atoms with van der Waals surface area (Å²) >= 11 is 0.